The molecule has 0 saturated heterocycles. The molecular formula is C54H48ClN11O6S. The maximum absolute atomic E-state index is 13.1. The summed E-state index contributed by atoms with van der Waals surface area (Å²) in [7, 11) is 3.21. The predicted molar refractivity (Wildman–Crippen MR) is 290 cm³/mol. The Bertz CT molecular complexity index is 3210. The van der Waals surface area contributed by atoms with Crippen molar-refractivity contribution in [3.05, 3.63) is 207 Å². The number of nitrogens with zero attached hydrogens (tertiary/aromatic N) is 4. The molecule has 17 nitrogen and oxygen atoms in total. The smallest absolute Gasteiger partial charge is 0.261 e. The zero-order chi connectivity index (χ0) is 52.0. The minimum absolute atomic E-state index is 0.232. The highest BCUT2D eigenvalue weighted by atomic mass is 35.5. The zero-order valence-electron chi connectivity index (χ0n) is 39.3. The summed E-state index contributed by atoms with van der Waals surface area (Å²) in [5.74, 6) is 1.32. The van der Waals surface area contributed by atoms with E-state index in [0.29, 0.717) is 50.7 Å². The molecule has 8 rings (SSSR count). The van der Waals surface area contributed by atoms with Gasteiger partial charge in [0.2, 0.25) is 17.1 Å². The third-order valence-corrected chi connectivity index (χ3v) is 10.6. The normalized spacial score (nSPS) is 10.0. The first-order valence-electron chi connectivity index (χ1n) is 21.9. The first kappa shape index (κ1) is 52.8. The Hall–Kier alpha value is -9.52. The number of rotatable bonds is 17. The van der Waals surface area contributed by atoms with Crippen LogP contribution in [0.5, 0.6) is 11.5 Å². The Morgan fingerprint density at radius 3 is 1.62 bits per heavy atom. The summed E-state index contributed by atoms with van der Waals surface area (Å²) in [6.45, 7) is 6.54. The Balaban J connectivity index is 0.000000219. The molecular weight excluding hydrogens is 966 g/mol. The summed E-state index contributed by atoms with van der Waals surface area (Å²) in [4.78, 5) is 66.0. The third-order valence-electron chi connectivity index (χ3n) is 9.57. The second-order valence-electron chi connectivity index (χ2n) is 14.8. The number of halogens is 1. The minimum Gasteiger partial charge on any atom is -0.497 e. The van der Waals surface area contributed by atoms with E-state index in [1.54, 1.807) is 68.8 Å². The molecule has 0 fully saturated rings. The van der Waals surface area contributed by atoms with Crippen molar-refractivity contribution in [1.82, 2.24) is 19.9 Å². The van der Waals surface area contributed by atoms with Crippen LogP contribution in [0.15, 0.2) is 205 Å². The van der Waals surface area contributed by atoms with Gasteiger partial charge in [0.1, 0.15) is 34.3 Å². The van der Waals surface area contributed by atoms with E-state index in [1.807, 2.05) is 103 Å². The SMILES string of the molecule is C=CC(=O)Cl.C=CC(=O)Nc1cccc(Nc2nc(Nc3cccc(OC)c3)ncc2C(=O)Nc2ccccc2)c1.COc1cccc(Sc2ncc(C(=O)Nc3ccccc3)c(Nc3cccc(N)c3)n2)c1. The fourth-order valence-corrected chi connectivity index (χ4v) is 6.95. The molecule has 0 spiro atoms. The molecule has 0 aliphatic rings. The lowest BCUT2D eigenvalue weighted by Gasteiger charge is -2.14. The van der Waals surface area contributed by atoms with Gasteiger partial charge in [-0.25, -0.2) is 15.0 Å². The third kappa shape index (κ3) is 16.8. The molecule has 3 amide bonds. The van der Waals surface area contributed by atoms with Gasteiger partial charge in [-0.2, -0.15) is 4.98 Å². The van der Waals surface area contributed by atoms with Crippen molar-refractivity contribution in [3.8, 4) is 11.5 Å². The van der Waals surface area contributed by atoms with Crippen LogP contribution in [0.25, 0.3) is 0 Å². The number of hydrogen-bond acceptors (Lipinski definition) is 15. The molecule has 0 atom stereocenters. The van der Waals surface area contributed by atoms with Gasteiger partial charge < -0.3 is 47.1 Å². The number of hydrogen-bond donors (Lipinski definition) is 7. The molecule has 0 saturated carbocycles. The molecule has 0 radical (unpaired) electrons. The van der Waals surface area contributed by atoms with Crippen LogP contribution in [-0.2, 0) is 9.59 Å². The van der Waals surface area contributed by atoms with Crippen LogP contribution >= 0.6 is 23.4 Å². The first-order chi connectivity index (χ1) is 35.4. The molecule has 0 unspecified atom stereocenters. The number of nitrogens with two attached hydrogens (primary N) is 1. The molecule has 0 aliphatic carbocycles. The summed E-state index contributed by atoms with van der Waals surface area (Å²) >= 11 is 6.08. The van der Waals surface area contributed by atoms with Crippen molar-refractivity contribution < 1.29 is 28.7 Å². The van der Waals surface area contributed by atoms with E-state index in [-0.39, 0.29) is 35.1 Å². The maximum atomic E-state index is 13.1. The highest BCUT2D eigenvalue weighted by Gasteiger charge is 2.18. The van der Waals surface area contributed by atoms with Gasteiger partial charge in [-0.15, -0.1) is 0 Å². The van der Waals surface area contributed by atoms with Crippen molar-refractivity contribution in [2.75, 3.05) is 51.9 Å². The second kappa shape index (κ2) is 27.0. The number of anilines is 10. The Kier molecular flexibility index (Phi) is 19.6. The number of nitrogen functional groups attached to an aromatic ring is 1. The quantitative estimate of drug-likeness (QED) is 0.0194. The number of benzene rings is 6. The highest BCUT2D eigenvalue weighted by molar-refractivity contribution is 7.99. The molecule has 0 bridgehead atoms. The van der Waals surface area contributed by atoms with E-state index >= 15 is 0 Å². The number of methoxy groups -OCH3 is 2. The van der Waals surface area contributed by atoms with Crippen molar-refractivity contribution in [2.45, 2.75) is 10.1 Å². The Morgan fingerprint density at radius 2 is 1.04 bits per heavy atom. The molecule has 8 aromatic rings. The Morgan fingerprint density at radius 1 is 0.548 bits per heavy atom. The summed E-state index contributed by atoms with van der Waals surface area (Å²) in [5.41, 5.74) is 11.0. The number of para-hydroxylation sites is 2. The molecule has 73 heavy (non-hydrogen) atoms. The number of aromatic nitrogens is 4. The van der Waals surface area contributed by atoms with Gasteiger partial charge in [0.25, 0.3) is 11.8 Å². The van der Waals surface area contributed by atoms with E-state index in [9.17, 15) is 19.2 Å². The molecule has 2 aromatic heterocycles. The van der Waals surface area contributed by atoms with Gasteiger partial charge in [-0.05, 0) is 127 Å². The monoisotopic (exact) mass is 1010 g/mol. The van der Waals surface area contributed by atoms with Gasteiger partial charge in [-0.3, -0.25) is 19.2 Å². The van der Waals surface area contributed by atoms with Crippen molar-refractivity contribution >= 4 is 104 Å². The van der Waals surface area contributed by atoms with Gasteiger partial charge in [-0.1, -0.05) is 73.8 Å². The fraction of sp³-hybridized carbons (Fsp3) is 0.0370. The van der Waals surface area contributed by atoms with E-state index in [2.05, 4.69) is 65.0 Å². The number of carbonyl (C=O) groups excluding carboxylic acids is 4. The molecule has 368 valence electrons. The van der Waals surface area contributed by atoms with Gasteiger partial charge >= 0.3 is 0 Å². The topological polar surface area (TPSA) is 236 Å². The van der Waals surface area contributed by atoms with E-state index in [4.69, 9.17) is 26.8 Å². The fourth-order valence-electron chi connectivity index (χ4n) is 6.18. The number of allylic oxidation sites excluding steroid dienone is 1. The van der Waals surface area contributed by atoms with Crippen LogP contribution in [0.4, 0.5) is 57.4 Å². The number of carbonyl (C=O) groups is 4. The molecule has 19 heteroatoms. The molecule has 6 aromatic carbocycles. The Labute approximate surface area is 430 Å². The van der Waals surface area contributed by atoms with Crippen LogP contribution in [0.2, 0.25) is 0 Å². The van der Waals surface area contributed by atoms with Gasteiger partial charge in [0.05, 0.1) is 14.2 Å². The average Bonchev–Trinajstić information content (AvgIpc) is 3.40. The van der Waals surface area contributed by atoms with Crippen LogP contribution < -0.4 is 47.1 Å². The lowest BCUT2D eigenvalue weighted by molar-refractivity contribution is -0.112. The van der Waals surface area contributed by atoms with Gasteiger partial charge in [0.15, 0.2) is 5.16 Å². The lowest BCUT2D eigenvalue weighted by Crippen LogP contribution is -2.16. The van der Waals surface area contributed by atoms with Crippen molar-refractivity contribution in [1.29, 1.82) is 0 Å². The van der Waals surface area contributed by atoms with Crippen LogP contribution in [0.1, 0.15) is 20.7 Å². The minimum atomic E-state index is -0.509. The number of amides is 3. The largest absolute Gasteiger partial charge is 0.497 e. The van der Waals surface area contributed by atoms with Gasteiger partial charge in [0, 0.05) is 63.2 Å². The van der Waals surface area contributed by atoms with Crippen LogP contribution in [0, 0.1) is 0 Å². The highest BCUT2D eigenvalue weighted by Crippen LogP contribution is 2.31. The van der Waals surface area contributed by atoms with E-state index in [1.165, 1.54) is 30.2 Å². The van der Waals surface area contributed by atoms with E-state index < -0.39 is 5.24 Å². The van der Waals surface area contributed by atoms with E-state index in [0.717, 1.165) is 28.1 Å². The average molecular weight is 1010 g/mol. The standard InChI is InChI=1S/C27H24N6O3.C24H21N5O2S.C3H3ClO/c1-3-24(34)29-19-11-7-12-20(15-19)30-25-23(26(35)31-18-9-5-4-6-10-18)17-28-27(33-25)32-21-13-8-14-22(16-21)36-2;1-31-19-11-6-12-20(14-19)32-24-26-15-21(23(30)28-17-8-3-2-4-9-17)22(29-24)27-18-10-5-7-16(25)13-18;1-2-3(4)5/h3-17H,1H2,2H3,(H,29,34)(H,31,35)(H2,28,30,32,33);2-15H,25H2,1H3,(H,28,30)(H,26,27,29);2H,1H2. The van der Waals surface area contributed by atoms with Crippen LogP contribution in [0.3, 0.4) is 0 Å². The zero-order valence-corrected chi connectivity index (χ0v) is 40.9. The number of nitrogens with one attached hydrogen (secondary N) is 6. The molecule has 0 aliphatic heterocycles. The van der Waals surface area contributed by atoms with Crippen molar-refractivity contribution in [2.24, 2.45) is 0 Å². The number of ether oxygens (including phenoxy) is 2. The second-order valence-corrected chi connectivity index (χ2v) is 16.2. The van der Waals surface area contributed by atoms with Crippen LogP contribution in [-0.4, -0.2) is 57.1 Å². The molecule has 8 N–H and O–H groups in total. The predicted octanol–water partition coefficient (Wildman–Crippen LogP) is 11.5. The summed E-state index contributed by atoms with van der Waals surface area (Å²) in [6, 6.07) is 47.5. The van der Waals surface area contributed by atoms with Crippen molar-refractivity contribution in [3.63, 3.8) is 0 Å². The summed E-state index contributed by atoms with van der Waals surface area (Å²) < 4.78 is 10.5. The summed E-state index contributed by atoms with van der Waals surface area (Å²) in [5, 5.41) is 17.9. The first-order valence-corrected chi connectivity index (χ1v) is 23.1. The summed E-state index contributed by atoms with van der Waals surface area (Å²) in [6.07, 6.45) is 5.19. The molecule has 2 heterocycles. The maximum Gasteiger partial charge on any atom is 0.261 e. The lowest BCUT2D eigenvalue weighted by atomic mass is 10.2.